The van der Waals surface area contributed by atoms with Crippen LogP contribution in [0.15, 0.2) is 60.7 Å². The van der Waals surface area contributed by atoms with Crippen LogP contribution >= 0.6 is 0 Å². The first-order valence-corrected chi connectivity index (χ1v) is 12.8. The second kappa shape index (κ2) is 9.46. The van der Waals surface area contributed by atoms with E-state index in [0.29, 0.717) is 12.5 Å². The van der Waals surface area contributed by atoms with Crippen LogP contribution in [0.3, 0.4) is 0 Å². The van der Waals surface area contributed by atoms with Gasteiger partial charge in [-0.15, -0.1) is 0 Å². The average molecular weight is 427 g/mol. The van der Waals surface area contributed by atoms with Crippen LogP contribution in [-0.4, -0.2) is 33.3 Å². The molecule has 0 radical (unpaired) electrons. The Morgan fingerprint density at radius 1 is 1.03 bits per heavy atom. The van der Waals surface area contributed by atoms with Crippen molar-refractivity contribution in [1.29, 1.82) is 0 Å². The van der Waals surface area contributed by atoms with E-state index in [-0.39, 0.29) is 17.1 Å². The van der Waals surface area contributed by atoms with Crippen molar-refractivity contribution in [2.24, 2.45) is 5.92 Å². The molecule has 162 valence electrons. The second-order valence-electron chi connectivity index (χ2n) is 9.09. The minimum absolute atomic E-state index is 0.0781. The molecule has 0 aliphatic carbocycles. The van der Waals surface area contributed by atoms with Gasteiger partial charge in [0.1, 0.15) is 0 Å². The molecule has 1 aliphatic heterocycles. The first kappa shape index (κ1) is 22.7. The molecule has 0 spiro atoms. The largest absolute Gasteiger partial charge is 0.436 e. The fourth-order valence-electron chi connectivity index (χ4n) is 4.60. The van der Waals surface area contributed by atoms with E-state index < -0.39 is 14.6 Å². The Morgan fingerprint density at radius 3 is 2.00 bits per heavy atom. The maximum Gasteiger partial charge on any atom is 0.304 e. The van der Waals surface area contributed by atoms with Crippen LogP contribution in [-0.2, 0) is 18.7 Å². The average Bonchev–Trinajstić information content (AvgIpc) is 3.10. The molecular formula is C25H34O4Si. The molecule has 0 saturated carbocycles. The van der Waals surface area contributed by atoms with Gasteiger partial charge in [-0.2, -0.15) is 0 Å². The standard InChI is InChI=1S/C25H34O4Si/c1-6-20-17-24(28-19(2)26)29-23(20)18-27-30(25(3,4)5,21-13-9-7-10-14-21)22-15-11-8-12-16-22/h7-16,20,23-24H,6,17-18H2,1-5H3/t20-,23+,24-/m0/s1. The summed E-state index contributed by atoms with van der Waals surface area (Å²) in [6.45, 7) is 10.9. The Morgan fingerprint density at radius 2 is 1.57 bits per heavy atom. The zero-order chi connectivity index (χ0) is 21.8. The zero-order valence-corrected chi connectivity index (χ0v) is 19.8. The lowest BCUT2D eigenvalue weighted by Gasteiger charge is -2.43. The summed E-state index contributed by atoms with van der Waals surface area (Å²) >= 11 is 0. The van der Waals surface area contributed by atoms with Crippen LogP contribution in [0.4, 0.5) is 0 Å². The summed E-state index contributed by atoms with van der Waals surface area (Å²) in [5, 5.41) is 2.43. The molecule has 2 aromatic rings. The summed E-state index contributed by atoms with van der Waals surface area (Å²) in [5.41, 5.74) is 0. The van der Waals surface area contributed by atoms with Gasteiger partial charge in [0.25, 0.3) is 8.32 Å². The van der Waals surface area contributed by atoms with Crippen molar-refractivity contribution >= 4 is 24.7 Å². The lowest BCUT2D eigenvalue weighted by molar-refractivity contribution is -0.174. The first-order valence-electron chi connectivity index (χ1n) is 10.9. The lowest BCUT2D eigenvalue weighted by atomic mass is 9.99. The van der Waals surface area contributed by atoms with Gasteiger partial charge in [-0.3, -0.25) is 4.79 Å². The van der Waals surface area contributed by atoms with E-state index >= 15 is 0 Å². The summed E-state index contributed by atoms with van der Waals surface area (Å²) in [4.78, 5) is 11.4. The van der Waals surface area contributed by atoms with E-state index in [1.165, 1.54) is 17.3 Å². The summed E-state index contributed by atoms with van der Waals surface area (Å²) in [6.07, 6.45) is 1.14. The third kappa shape index (κ3) is 4.69. The van der Waals surface area contributed by atoms with Gasteiger partial charge >= 0.3 is 5.97 Å². The highest BCUT2D eigenvalue weighted by atomic mass is 28.4. The summed E-state index contributed by atoms with van der Waals surface area (Å²) in [7, 11) is -2.60. The molecule has 30 heavy (non-hydrogen) atoms. The molecule has 0 aromatic heterocycles. The van der Waals surface area contributed by atoms with Crippen LogP contribution in [0.2, 0.25) is 5.04 Å². The Bertz CT molecular complexity index is 777. The first-order chi connectivity index (χ1) is 14.3. The van der Waals surface area contributed by atoms with Crippen molar-refractivity contribution in [2.75, 3.05) is 6.61 Å². The molecule has 4 nitrogen and oxygen atoms in total. The van der Waals surface area contributed by atoms with E-state index in [4.69, 9.17) is 13.9 Å². The SMILES string of the molecule is CC[C@H]1C[C@@H](OC(C)=O)O[C@@H]1CO[Si](c1ccccc1)(c1ccccc1)C(C)(C)C. The maximum absolute atomic E-state index is 11.4. The van der Waals surface area contributed by atoms with Crippen LogP contribution in [0.25, 0.3) is 0 Å². The van der Waals surface area contributed by atoms with Gasteiger partial charge in [0, 0.05) is 13.3 Å². The minimum atomic E-state index is -2.60. The highest BCUT2D eigenvalue weighted by Gasteiger charge is 2.51. The molecule has 0 amide bonds. The predicted octanol–water partition coefficient (Wildman–Crippen LogP) is 4.27. The highest BCUT2D eigenvalue weighted by Crippen LogP contribution is 2.38. The molecular weight excluding hydrogens is 392 g/mol. The number of ether oxygens (including phenoxy) is 2. The molecule has 0 bridgehead atoms. The molecule has 1 fully saturated rings. The Kier molecular flexibility index (Phi) is 7.16. The van der Waals surface area contributed by atoms with Crippen molar-refractivity contribution in [3.63, 3.8) is 0 Å². The molecule has 1 aliphatic rings. The van der Waals surface area contributed by atoms with Crippen LogP contribution in [0.1, 0.15) is 47.5 Å². The minimum Gasteiger partial charge on any atom is -0.436 e. The fourth-order valence-corrected chi connectivity index (χ4v) is 9.16. The van der Waals surface area contributed by atoms with Crippen LogP contribution in [0, 0.1) is 5.92 Å². The Hall–Kier alpha value is -1.95. The van der Waals surface area contributed by atoms with Gasteiger partial charge in [-0.05, 0) is 21.3 Å². The van der Waals surface area contributed by atoms with Crippen molar-refractivity contribution in [3.05, 3.63) is 60.7 Å². The van der Waals surface area contributed by atoms with Gasteiger partial charge in [-0.25, -0.2) is 0 Å². The normalized spacial score (nSPS) is 22.1. The zero-order valence-electron chi connectivity index (χ0n) is 18.8. The highest BCUT2D eigenvalue weighted by molar-refractivity contribution is 6.99. The maximum atomic E-state index is 11.4. The number of carbonyl (C=O) groups excluding carboxylic acids is 1. The van der Waals surface area contributed by atoms with Crippen molar-refractivity contribution in [3.8, 4) is 0 Å². The van der Waals surface area contributed by atoms with Crippen LogP contribution < -0.4 is 10.4 Å². The van der Waals surface area contributed by atoms with E-state index in [0.717, 1.165) is 12.8 Å². The summed E-state index contributed by atoms with van der Waals surface area (Å²) < 4.78 is 18.5. The Balaban J connectivity index is 1.95. The summed E-state index contributed by atoms with van der Waals surface area (Å²) in [6, 6.07) is 21.2. The van der Waals surface area contributed by atoms with Gasteiger partial charge < -0.3 is 13.9 Å². The number of esters is 1. The van der Waals surface area contributed by atoms with E-state index in [9.17, 15) is 4.79 Å². The van der Waals surface area contributed by atoms with E-state index in [1.807, 2.05) is 12.1 Å². The monoisotopic (exact) mass is 426 g/mol. The number of carbonyl (C=O) groups is 1. The van der Waals surface area contributed by atoms with Gasteiger partial charge in [0.05, 0.1) is 12.7 Å². The molecule has 1 saturated heterocycles. The number of rotatable bonds is 7. The lowest BCUT2D eigenvalue weighted by Crippen LogP contribution is -2.67. The van der Waals surface area contributed by atoms with Gasteiger partial charge in [0.15, 0.2) is 0 Å². The molecule has 5 heteroatoms. The molecule has 0 unspecified atom stereocenters. The number of benzene rings is 2. The topological polar surface area (TPSA) is 44.8 Å². The van der Waals surface area contributed by atoms with Gasteiger partial charge in [0.2, 0.25) is 6.29 Å². The number of hydrogen-bond acceptors (Lipinski definition) is 4. The smallest absolute Gasteiger partial charge is 0.304 e. The molecule has 0 N–H and O–H groups in total. The summed E-state index contributed by atoms with van der Waals surface area (Å²) in [5.74, 6) is 0.0102. The van der Waals surface area contributed by atoms with Crippen LogP contribution in [0.5, 0.6) is 0 Å². The molecule has 3 rings (SSSR count). The van der Waals surface area contributed by atoms with E-state index in [2.05, 4.69) is 76.2 Å². The third-order valence-electron chi connectivity index (χ3n) is 6.05. The fraction of sp³-hybridized carbons (Fsp3) is 0.480. The quantitative estimate of drug-likeness (QED) is 0.490. The van der Waals surface area contributed by atoms with Crippen molar-refractivity contribution in [1.82, 2.24) is 0 Å². The predicted molar refractivity (Wildman–Crippen MR) is 122 cm³/mol. The third-order valence-corrected chi connectivity index (χ3v) is 11.1. The molecule has 3 atom stereocenters. The number of hydrogen-bond donors (Lipinski definition) is 0. The van der Waals surface area contributed by atoms with Crippen molar-refractivity contribution in [2.45, 2.75) is 64.9 Å². The molecule has 2 aromatic carbocycles. The second-order valence-corrected chi connectivity index (χ2v) is 13.4. The van der Waals surface area contributed by atoms with Crippen molar-refractivity contribution < 1.29 is 18.7 Å². The molecule has 1 heterocycles. The van der Waals surface area contributed by atoms with E-state index in [1.54, 1.807) is 0 Å². The van der Waals surface area contributed by atoms with Gasteiger partial charge in [-0.1, -0.05) is 94.8 Å². The Labute approximate surface area is 181 Å².